The summed E-state index contributed by atoms with van der Waals surface area (Å²) in [6.45, 7) is 0. The molecule has 240 valence electrons. The van der Waals surface area contributed by atoms with E-state index < -0.39 is 0 Å². The maximum Gasteiger partial charge on any atom is 0.147 e. The quantitative estimate of drug-likeness (QED) is 0.133. The lowest BCUT2D eigenvalue weighted by Gasteiger charge is -2.08. The molecule has 1 N–H and O–H groups in total. The van der Waals surface area contributed by atoms with Crippen LogP contribution in [-0.2, 0) is 0 Å². The number of hydrogen-bond donors (Lipinski definition) is 1. The molecule has 50 heavy (non-hydrogen) atoms. The van der Waals surface area contributed by atoms with Crippen LogP contribution in [0.1, 0.15) is 0 Å². The highest BCUT2D eigenvalue weighted by atomic mass is 79.9. The van der Waals surface area contributed by atoms with Crippen molar-refractivity contribution in [3.63, 3.8) is 0 Å². The molecule has 0 aliphatic heterocycles. The fourth-order valence-electron chi connectivity index (χ4n) is 6.41. The number of nitrogens with one attached hydrogen (secondary N) is 1. The predicted octanol–water partition coefficient (Wildman–Crippen LogP) is 12.3. The molecular formula is C40H24BrClN6S2. The molecule has 0 radical (unpaired) electrons. The van der Waals surface area contributed by atoms with E-state index in [1.165, 1.54) is 56.7 Å². The number of fused-ring (bicyclic) bond motifs is 13. The van der Waals surface area contributed by atoms with Crippen LogP contribution in [0.5, 0.6) is 0 Å². The van der Waals surface area contributed by atoms with E-state index in [1.54, 1.807) is 24.5 Å². The van der Waals surface area contributed by atoms with Gasteiger partial charge < -0.3 is 4.98 Å². The van der Waals surface area contributed by atoms with Crippen LogP contribution in [0.2, 0.25) is 5.02 Å². The number of aromatic nitrogens is 6. The van der Waals surface area contributed by atoms with Crippen LogP contribution in [0.25, 0.3) is 79.2 Å². The summed E-state index contributed by atoms with van der Waals surface area (Å²) in [6, 6.07) is 35.7. The summed E-state index contributed by atoms with van der Waals surface area (Å²) in [5, 5.41) is 9.50. The molecule has 0 aliphatic carbocycles. The first-order chi connectivity index (χ1) is 24.7. The van der Waals surface area contributed by atoms with Crippen molar-refractivity contribution in [2.45, 2.75) is 0 Å². The van der Waals surface area contributed by atoms with Crippen LogP contribution in [0.4, 0.5) is 0 Å². The molecule has 0 spiro atoms. The Labute approximate surface area is 306 Å². The first-order valence-corrected chi connectivity index (χ1v) is 18.6. The van der Waals surface area contributed by atoms with Gasteiger partial charge in [0.05, 0.1) is 5.02 Å². The van der Waals surface area contributed by atoms with E-state index >= 15 is 0 Å². The predicted molar refractivity (Wildman–Crippen MR) is 215 cm³/mol. The van der Waals surface area contributed by atoms with E-state index in [-0.39, 0.29) is 0 Å². The molecule has 0 amide bonds. The van der Waals surface area contributed by atoms with Crippen LogP contribution in [-0.4, -0.2) is 29.3 Å². The van der Waals surface area contributed by atoms with Crippen molar-refractivity contribution in [2.75, 3.05) is 0 Å². The highest BCUT2D eigenvalue weighted by Crippen LogP contribution is 2.42. The zero-order valence-electron chi connectivity index (χ0n) is 26.1. The first-order valence-electron chi connectivity index (χ1n) is 15.8. The number of H-pyrrole nitrogens is 1. The van der Waals surface area contributed by atoms with Gasteiger partial charge in [-0.3, -0.25) is 4.40 Å². The van der Waals surface area contributed by atoms with Crippen LogP contribution >= 0.6 is 50.2 Å². The number of thiophene rings is 2. The number of aromatic amines is 1. The molecule has 0 fully saturated rings. The van der Waals surface area contributed by atoms with E-state index in [9.17, 15) is 0 Å². The fourth-order valence-corrected chi connectivity index (χ4v) is 9.24. The van der Waals surface area contributed by atoms with Gasteiger partial charge in [-0.2, -0.15) is 0 Å². The van der Waals surface area contributed by atoms with Gasteiger partial charge in [-0.1, -0.05) is 72.3 Å². The number of halogens is 2. The number of benzene rings is 4. The molecule has 10 heteroatoms. The topological polar surface area (TPSA) is 71.8 Å². The molecule has 7 heterocycles. The first kappa shape index (κ1) is 30.8. The van der Waals surface area contributed by atoms with Crippen LogP contribution in [0, 0.1) is 0 Å². The standard InChI is InChI=1S/C20H11N3S.C15H10N2S.C5H3BrClN/c1-2-6-16-12(4-1)14-8-7-13-15-5-3-9-21-19(15)23-11-10-22-20(23)17(13)18(14)24-16;1-2-7-13-10(4-1)11-5-3-6-12(14(11)18-13)15-16-8-9-17-15;6-5-4(7)2-1-3-8-5/h1-11H;1-9H,(H,16,17);1-3H. The molecular weight excluding hydrogens is 744 g/mol. The Bertz CT molecular complexity index is 2960. The summed E-state index contributed by atoms with van der Waals surface area (Å²) in [5.74, 6) is 0.937. The number of nitrogens with zero attached hydrogens (tertiary/aromatic N) is 5. The summed E-state index contributed by atoms with van der Waals surface area (Å²) in [7, 11) is 0. The minimum Gasteiger partial charge on any atom is -0.345 e. The van der Waals surface area contributed by atoms with Gasteiger partial charge in [-0.05, 0) is 63.8 Å². The van der Waals surface area contributed by atoms with Gasteiger partial charge >= 0.3 is 0 Å². The lowest BCUT2D eigenvalue weighted by molar-refractivity contribution is 1.20. The highest BCUT2D eigenvalue weighted by molar-refractivity contribution is 9.10. The second-order valence-electron chi connectivity index (χ2n) is 11.5. The molecule has 0 atom stereocenters. The Morgan fingerprint density at radius 1 is 0.560 bits per heavy atom. The maximum absolute atomic E-state index is 5.60. The largest absolute Gasteiger partial charge is 0.345 e. The van der Waals surface area contributed by atoms with Crippen molar-refractivity contribution in [3.05, 3.63) is 150 Å². The minimum atomic E-state index is 0.646. The number of pyridine rings is 3. The van der Waals surface area contributed by atoms with Crippen LogP contribution in [0.3, 0.4) is 0 Å². The lowest BCUT2D eigenvalue weighted by atomic mass is 10.0. The summed E-state index contributed by atoms with van der Waals surface area (Å²) in [6.07, 6.45) is 11.0. The molecule has 7 aromatic heterocycles. The Morgan fingerprint density at radius 3 is 1.96 bits per heavy atom. The van der Waals surface area contributed by atoms with E-state index in [4.69, 9.17) is 11.6 Å². The zero-order valence-corrected chi connectivity index (χ0v) is 30.1. The summed E-state index contributed by atoms with van der Waals surface area (Å²) in [4.78, 5) is 20.6. The average Bonchev–Trinajstić information content (AvgIpc) is 3.99. The third-order valence-electron chi connectivity index (χ3n) is 8.59. The molecule has 6 nitrogen and oxygen atoms in total. The summed E-state index contributed by atoms with van der Waals surface area (Å²) < 4.78 is 8.04. The van der Waals surface area contributed by atoms with E-state index in [2.05, 4.69) is 130 Å². The lowest BCUT2D eigenvalue weighted by Crippen LogP contribution is -1.92. The van der Waals surface area contributed by atoms with Crippen LogP contribution < -0.4 is 0 Å². The van der Waals surface area contributed by atoms with Crippen molar-refractivity contribution in [2.24, 2.45) is 0 Å². The van der Waals surface area contributed by atoms with E-state index in [0.717, 1.165) is 22.5 Å². The third kappa shape index (κ3) is 5.30. The normalized spacial score (nSPS) is 11.4. The average molecular weight is 768 g/mol. The number of imidazole rings is 2. The van der Waals surface area contributed by atoms with Gasteiger partial charge in [0.25, 0.3) is 0 Å². The Kier molecular flexibility index (Phi) is 7.97. The monoisotopic (exact) mass is 766 g/mol. The van der Waals surface area contributed by atoms with Crippen molar-refractivity contribution < 1.29 is 0 Å². The maximum atomic E-state index is 5.60. The molecule has 4 aromatic carbocycles. The van der Waals surface area contributed by atoms with Crippen LogP contribution in [0.15, 0.2) is 145 Å². The molecule has 0 saturated heterocycles. The third-order valence-corrected chi connectivity index (χ3v) is 12.2. The summed E-state index contributed by atoms with van der Waals surface area (Å²) in [5.41, 5.74) is 3.12. The summed E-state index contributed by atoms with van der Waals surface area (Å²) >= 11 is 12.4. The zero-order chi connectivity index (χ0) is 33.6. The van der Waals surface area contributed by atoms with Gasteiger partial charge in [0.1, 0.15) is 21.7 Å². The Morgan fingerprint density at radius 2 is 1.22 bits per heavy atom. The van der Waals surface area contributed by atoms with Gasteiger partial charge in [-0.25, -0.2) is 19.9 Å². The van der Waals surface area contributed by atoms with Crippen molar-refractivity contribution in [1.82, 2.24) is 29.3 Å². The Hall–Kier alpha value is -5.19. The highest BCUT2D eigenvalue weighted by Gasteiger charge is 2.15. The van der Waals surface area contributed by atoms with Gasteiger partial charge in [0.15, 0.2) is 0 Å². The molecule has 0 saturated carbocycles. The van der Waals surface area contributed by atoms with Crippen molar-refractivity contribution in [3.8, 4) is 11.4 Å². The fraction of sp³-hybridized carbons (Fsp3) is 0. The molecule has 11 aromatic rings. The molecule has 0 aliphatic rings. The number of rotatable bonds is 1. The SMILES string of the molecule is Clc1cccnc1Br.c1ccc2c(c1)sc1c(-c3ncc[nH]3)cccc12.c1ccc2c(c1)sc1c2ccc2c3cccnc3n3ccnc3c21. The second-order valence-corrected chi connectivity index (χ2v) is 14.7. The minimum absolute atomic E-state index is 0.646. The smallest absolute Gasteiger partial charge is 0.147 e. The van der Waals surface area contributed by atoms with Gasteiger partial charge in [0.2, 0.25) is 0 Å². The van der Waals surface area contributed by atoms with Gasteiger partial charge in [0, 0.05) is 93.9 Å². The molecule has 11 rings (SSSR count). The second kappa shape index (κ2) is 12.9. The molecule has 0 bridgehead atoms. The van der Waals surface area contributed by atoms with Gasteiger partial charge in [-0.15, -0.1) is 22.7 Å². The molecule has 0 unspecified atom stereocenters. The Balaban J connectivity index is 0.000000114. The van der Waals surface area contributed by atoms with E-state index in [1.807, 2.05) is 53.5 Å². The van der Waals surface area contributed by atoms with Crippen molar-refractivity contribution in [1.29, 1.82) is 0 Å². The number of hydrogen-bond acceptors (Lipinski definition) is 6. The van der Waals surface area contributed by atoms with Crippen molar-refractivity contribution >= 4 is 118 Å². The van der Waals surface area contributed by atoms with E-state index in [0.29, 0.717) is 9.63 Å².